The Kier molecular flexibility index (Phi) is 5.15. The molecule has 2 N–H and O–H groups in total. The lowest BCUT2D eigenvalue weighted by atomic mass is 10.1. The van der Waals surface area contributed by atoms with E-state index in [1.165, 1.54) is 5.56 Å². The number of hydrogen-bond acceptors (Lipinski definition) is 3. The summed E-state index contributed by atoms with van der Waals surface area (Å²) in [7, 11) is 0. The minimum Gasteiger partial charge on any atom is -0.491 e. The molecule has 1 aromatic carbocycles. The molecule has 0 bridgehead atoms. The molecule has 15 heavy (non-hydrogen) atoms. The van der Waals surface area contributed by atoms with Crippen LogP contribution in [0, 0.1) is 0 Å². The summed E-state index contributed by atoms with van der Waals surface area (Å²) in [4.78, 5) is 0. The smallest absolute Gasteiger partial charge is 0.119 e. The molecule has 0 heterocycles. The van der Waals surface area contributed by atoms with Gasteiger partial charge in [-0.2, -0.15) is 0 Å². The van der Waals surface area contributed by atoms with Crippen LogP contribution in [0.3, 0.4) is 0 Å². The molecule has 0 saturated carbocycles. The Morgan fingerprint density at radius 2 is 1.93 bits per heavy atom. The van der Waals surface area contributed by atoms with Gasteiger partial charge in [0, 0.05) is 0 Å². The van der Waals surface area contributed by atoms with Crippen LogP contribution >= 0.6 is 0 Å². The Balaban J connectivity index is 2.42. The van der Waals surface area contributed by atoms with Crippen LogP contribution in [0.15, 0.2) is 24.3 Å². The topological polar surface area (TPSA) is 49.7 Å². The lowest BCUT2D eigenvalue weighted by Gasteiger charge is -2.10. The molecular weight excluding hydrogens is 192 g/mol. The van der Waals surface area contributed by atoms with Crippen molar-refractivity contribution in [3.63, 3.8) is 0 Å². The highest BCUT2D eigenvalue weighted by Crippen LogP contribution is 2.13. The second-order valence-corrected chi connectivity index (χ2v) is 3.54. The van der Waals surface area contributed by atoms with E-state index in [2.05, 4.69) is 6.92 Å². The first kappa shape index (κ1) is 12.0. The molecule has 0 unspecified atom stereocenters. The van der Waals surface area contributed by atoms with Gasteiger partial charge in [0.25, 0.3) is 0 Å². The zero-order chi connectivity index (χ0) is 11.1. The summed E-state index contributed by atoms with van der Waals surface area (Å²) in [5, 5.41) is 17.7. The molecule has 0 fully saturated rings. The summed E-state index contributed by atoms with van der Waals surface area (Å²) in [6, 6.07) is 7.80. The Morgan fingerprint density at radius 1 is 1.27 bits per heavy atom. The van der Waals surface area contributed by atoms with Crippen molar-refractivity contribution >= 4 is 0 Å². The molecule has 84 valence electrons. The molecule has 0 amide bonds. The lowest BCUT2D eigenvalue weighted by molar-refractivity contribution is 0.0536. The van der Waals surface area contributed by atoms with Crippen molar-refractivity contribution < 1.29 is 14.9 Å². The van der Waals surface area contributed by atoms with Crippen molar-refractivity contribution in [3.05, 3.63) is 29.8 Å². The molecule has 0 saturated heterocycles. The Labute approximate surface area is 90.3 Å². The summed E-state index contributed by atoms with van der Waals surface area (Å²) in [5.74, 6) is 0.724. The van der Waals surface area contributed by atoms with E-state index in [0.29, 0.717) is 0 Å². The van der Waals surface area contributed by atoms with E-state index in [1.807, 2.05) is 24.3 Å². The molecule has 3 nitrogen and oxygen atoms in total. The van der Waals surface area contributed by atoms with E-state index in [-0.39, 0.29) is 13.2 Å². The molecule has 1 aromatic rings. The summed E-state index contributed by atoms with van der Waals surface area (Å²) >= 11 is 0. The summed E-state index contributed by atoms with van der Waals surface area (Å²) in [6.45, 7) is 2.00. The van der Waals surface area contributed by atoms with Gasteiger partial charge in [-0.05, 0) is 24.1 Å². The number of rotatable bonds is 6. The summed E-state index contributed by atoms with van der Waals surface area (Å²) in [5.41, 5.74) is 1.28. The van der Waals surface area contributed by atoms with E-state index < -0.39 is 6.10 Å². The second kappa shape index (κ2) is 6.43. The molecule has 0 aliphatic rings. The molecule has 1 rings (SSSR count). The fourth-order valence-corrected chi connectivity index (χ4v) is 1.29. The Bertz CT molecular complexity index is 269. The quantitative estimate of drug-likeness (QED) is 0.745. The maximum Gasteiger partial charge on any atom is 0.119 e. The first-order valence-electron chi connectivity index (χ1n) is 5.27. The lowest BCUT2D eigenvalue weighted by Crippen LogP contribution is -2.21. The van der Waals surface area contributed by atoms with Crippen LogP contribution in [0.1, 0.15) is 18.9 Å². The maximum atomic E-state index is 9.08. The molecule has 0 spiro atoms. The standard InChI is InChI=1S/C12H18O3/c1-2-3-10-4-6-12(7-5-10)15-9-11(14)8-13/h4-7,11,13-14H,2-3,8-9H2,1H3/t11-/m1/s1. The fourth-order valence-electron chi connectivity index (χ4n) is 1.29. The van der Waals surface area contributed by atoms with Gasteiger partial charge in [-0.1, -0.05) is 25.5 Å². The Hall–Kier alpha value is -1.06. The molecule has 0 aliphatic heterocycles. The average molecular weight is 210 g/mol. The number of ether oxygens (including phenoxy) is 1. The number of aliphatic hydroxyl groups is 2. The first-order valence-corrected chi connectivity index (χ1v) is 5.27. The number of benzene rings is 1. The largest absolute Gasteiger partial charge is 0.491 e. The van der Waals surface area contributed by atoms with Crippen LogP contribution in [0.25, 0.3) is 0 Å². The molecule has 1 atom stereocenters. The van der Waals surface area contributed by atoms with Crippen molar-refractivity contribution in [2.45, 2.75) is 25.9 Å². The van der Waals surface area contributed by atoms with Crippen molar-refractivity contribution in [2.24, 2.45) is 0 Å². The highest BCUT2D eigenvalue weighted by molar-refractivity contribution is 5.27. The summed E-state index contributed by atoms with van der Waals surface area (Å²) < 4.78 is 5.28. The van der Waals surface area contributed by atoms with E-state index in [0.717, 1.165) is 18.6 Å². The van der Waals surface area contributed by atoms with Gasteiger partial charge in [0.05, 0.1) is 6.61 Å². The van der Waals surface area contributed by atoms with Crippen LogP contribution in [0.2, 0.25) is 0 Å². The van der Waals surface area contributed by atoms with Gasteiger partial charge in [-0.3, -0.25) is 0 Å². The first-order chi connectivity index (χ1) is 7.26. The second-order valence-electron chi connectivity index (χ2n) is 3.54. The van der Waals surface area contributed by atoms with Gasteiger partial charge >= 0.3 is 0 Å². The van der Waals surface area contributed by atoms with E-state index >= 15 is 0 Å². The van der Waals surface area contributed by atoms with Crippen LogP contribution in [-0.4, -0.2) is 29.5 Å². The van der Waals surface area contributed by atoms with Gasteiger partial charge in [-0.25, -0.2) is 0 Å². The zero-order valence-electron chi connectivity index (χ0n) is 9.02. The zero-order valence-corrected chi connectivity index (χ0v) is 9.02. The number of aliphatic hydroxyl groups excluding tert-OH is 2. The van der Waals surface area contributed by atoms with Gasteiger partial charge in [0.1, 0.15) is 18.5 Å². The van der Waals surface area contributed by atoms with Crippen LogP contribution < -0.4 is 4.74 Å². The van der Waals surface area contributed by atoms with Gasteiger partial charge < -0.3 is 14.9 Å². The molecule has 3 heteroatoms. The highest BCUT2D eigenvalue weighted by Gasteiger charge is 2.02. The third-order valence-electron chi connectivity index (χ3n) is 2.12. The average Bonchev–Trinajstić information content (AvgIpc) is 2.28. The Morgan fingerprint density at radius 3 is 2.47 bits per heavy atom. The predicted molar refractivity (Wildman–Crippen MR) is 59.0 cm³/mol. The predicted octanol–water partition coefficient (Wildman–Crippen LogP) is 1.37. The third-order valence-corrected chi connectivity index (χ3v) is 2.12. The van der Waals surface area contributed by atoms with Crippen LogP contribution in [0.4, 0.5) is 0 Å². The van der Waals surface area contributed by atoms with E-state index in [4.69, 9.17) is 14.9 Å². The number of aryl methyl sites for hydroxylation is 1. The third kappa shape index (κ3) is 4.32. The van der Waals surface area contributed by atoms with E-state index in [1.54, 1.807) is 0 Å². The summed E-state index contributed by atoms with van der Waals surface area (Å²) in [6.07, 6.45) is 1.39. The van der Waals surface area contributed by atoms with Crippen LogP contribution in [-0.2, 0) is 6.42 Å². The van der Waals surface area contributed by atoms with E-state index in [9.17, 15) is 0 Å². The fraction of sp³-hybridized carbons (Fsp3) is 0.500. The molecule has 0 radical (unpaired) electrons. The normalized spacial score (nSPS) is 12.5. The SMILES string of the molecule is CCCc1ccc(OC[C@H](O)CO)cc1. The monoisotopic (exact) mass is 210 g/mol. The number of hydrogen-bond donors (Lipinski definition) is 2. The molecular formula is C12H18O3. The highest BCUT2D eigenvalue weighted by atomic mass is 16.5. The van der Waals surface area contributed by atoms with Crippen LogP contribution in [0.5, 0.6) is 5.75 Å². The molecule has 0 aliphatic carbocycles. The van der Waals surface area contributed by atoms with Gasteiger partial charge in [0.15, 0.2) is 0 Å². The van der Waals surface area contributed by atoms with Crippen molar-refractivity contribution in [2.75, 3.05) is 13.2 Å². The minimum atomic E-state index is -0.805. The minimum absolute atomic E-state index is 0.129. The van der Waals surface area contributed by atoms with Crippen molar-refractivity contribution in [3.8, 4) is 5.75 Å². The van der Waals surface area contributed by atoms with Crippen molar-refractivity contribution in [1.82, 2.24) is 0 Å². The van der Waals surface area contributed by atoms with Gasteiger partial charge in [0.2, 0.25) is 0 Å². The van der Waals surface area contributed by atoms with Crippen molar-refractivity contribution in [1.29, 1.82) is 0 Å². The maximum absolute atomic E-state index is 9.08. The molecule has 0 aromatic heterocycles. The van der Waals surface area contributed by atoms with Gasteiger partial charge in [-0.15, -0.1) is 0 Å².